The van der Waals surface area contributed by atoms with Crippen molar-refractivity contribution in [3.63, 3.8) is 0 Å². The monoisotopic (exact) mass is 339 g/mol. The number of hydrogen-bond donors (Lipinski definition) is 0. The second kappa shape index (κ2) is 6.59. The Hall–Kier alpha value is -2.82. The highest BCUT2D eigenvalue weighted by Crippen LogP contribution is 2.32. The first-order valence-electron chi connectivity index (χ1n) is 8.29. The molecule has 0 saturated heterocycles. The molecule has 0 atom stereocenters. The highest BCUT2D eigenvalue weighted by molar-refractivity contribution is 5.76. The van der Waals surface area contributed by atoms with E-state index in [4.69, 9.17) is 9.47 Å². The lowest BCUT2D eigenvalue weighted by atomic mass is 9.91. The van der Waals surface area contributed by atoms with E-state index in [1.165, 1.54) is 30.7 Å². The Morgan fingerprint density at radius 1 is 1.12 bits per heavy atom. The number of esters is 2. The molecular weight excluding hydrogens is 318 g/mol. The molecule has 0 N–H and O–H groups in total. The fraction of sp³-hybridized carbons (Fsp3) is 0.300. The number of fused-ring (bicyclic) bond motifs is 2. The van der Waals surface area contributed by atoms with Crippen LogP contribution in [0.3, 0.4) is 0 Å². The van der Waals surface area contributed by atoms with E-state index < -0.39 is 11.9 Å². The molecular formula is C20H21NO4. The van der Waals surface area contributed by atoms with Crippen LogP contribution in [0.1, 0.15) is 33.6 Å². The molecule has 0 unspecified atom stereocenters. The largest absolute Gasteiger partial charge is 0.423 e. The van der Waals surface area contributed by atoms with E-state index in [-0.39, 0.29) is 11.5 Å². The predicted octanol–water partition coefficient (Wildman–Crippen LogP) is 2.00. The molecule has 0 saturated carbocycles. The van der Waals surface area contributed by atoms with E-state index >= 15 is 0 Å². The third-order valence-electron chi connectivity index (χ3n) is 4.25. The molecule has 5 nitrogen and oxygen atoms in total. The van der Waals surface area contributed by atoms with Crippen molar-refractivity contribution < 1.29 is 19.1 Å². The lowest BCUT2D eigenvalue weighted by Crippen LogP contribution is -2.37. The summed E-state index contributed by atoms with van der Waals surface area (Å²) in [4.78, 5) is 24.9. The maximum absolute atomic E-state index is 11.4. The number of carbonyl (C=O) groups excluding carboxylic acids is 2. The molecule has 5 heteroatoms. The van der Waals surface area contributed by atoms with Gasteiger partial charge in [0.2, 0.25) is 0 Å². The summed E-state index contributed by atoms with van der Waals surface area (Å²) < 4.78 is 10.5. The van der Waals surface area contributed by atoms with Gasteiger partial charge in [0.15, 0.2) is 11.5 Å². The second-order valence-corrected chi connectivity index (χ2v) is 6.13. The van der Waals surface area contributed by atoms with Gasteiger partial charge in [-0.1, -0.05) is 19.1 Å². The molecule has 2 aliphatic rings. The van der Waals surface area contributed by atoms with Gasteiger partial charge in [-0.2, -0.15) is 0 Å². The first-order valence-corrected chi connectivity index (χ1v) is 8.29. The summed E-state index contributed by atoms with van der Waals surface area (Å²) in [5, 5.41) is 1.93. The standard InChI is InChI=1S/C20H21NO4/c1-5-14-7-6-8-16-17-10-19(25-13(3)23)18(24-12(2)22)9-15(17)11-21(4)20(14)16/h6-7,9-11H,5,8H2,1-4H3. The first kappa shape index (κ1) is 17.0. The van der Waals surface area contributed by atoms with Crippen LogP contribution in [0.15, 0.2) is 35.6 Å². The van der Waals surface area contributed by atoms with Crippen LogP contribution in [0.4, 0.5) is 0 Å². The SMILES string of the molecule is CCC1=C2C(=c3cc(OC(C)=O)c(OC(C)=O)cc3=CN2C)CC=C1. The summed E-state index contributed by atoms with van der Waals surface area (Å²) in [7, 11) is 2.01. The molecule has 1 aliphatic heterocycles. The van der Waals surface area contributed by atoms with Gasteiger partial charge in [-0.25, -0.2) is 0 Å². The molecule has 0 spiro atoms. The number of allylic oxidation sites excluding steroid dienone is 4. The van der Waals surface area contributed by atoms with Gasteiger partial charge >= 0.3 is 11.9 Å². The Kier molecular flexibility index (Phi) is 4.49. The Balaban J connectivity index is 2.30. The molecule has 1 aromatic carbocycles. The Labute approximate surface area is 146 Å². The lowest BCUT2D eigenvalue weighted by molar-refractivity contribution is -0.134. The van der Waals surface area contributed by atoms with Crippen molar-refractivity contribution in [2.24, 2.45) is 0 Å². The van der Waals surface area contributed by atoms with E-state index in [1.807, 2.05) is 13.2 Å². The van der Waals surface area contributed by atoms with Crippen molar-refractivity contribution in [1.29, 1.82) is 0 Å². The van der Waals surface area contributed by atoms with Crippen LogP contribution in [-0.4, -0.2) is 23.9 Å². The van der Waals surface area contributed by atoms with Gasteiger partial charge in [0.25, 0.3) is 0 Å². The minimum absolute atomic E-state index is 0.251. The third-order valence-corrected chi connectivity index (χ3v) is 4.25. The second-order valence-electron chi connectivity index (χ2n) is 6.13. The number of carbonyl (C=O) groups is 2. The van der Waals surface area contributed by atoms with E-state index in [9.17, 15) is 9.59 Å². The Bertz CT molecular complexity index is 937. The lowest BCUT2D eigenvalue weighted by Gasteiger charge is -2.29. The van der Waals surface area contributed by atoms with Gasteiger partial charge in [0.1, 0.15) is 0 Å². The normalized spacial score (nSPS) is 15.4. The average molecular weight is 339 g/mol. The third kappa shape index (κ3) is 3.22. The molecule has 0 bridgehead atoms. The van der Waals surface area contributed by atoms with E-state index in [0.29, 0.717) is 0 Å². The molecule has 0 amide bonds. The van der Waals surface area contributed by atoms with Gasteiger partial charge < -0.3 is 14.4 Å². The maximum Gasteiger partial charge on any atom is 0.308 e. The van der Waals surface area contributed by atoms with Crippen molar-refractivity contribution in [3.05, 3.63) is 46.0 Å². The molecule has 1 aromatic rings. The minimum atomic E-state index is -0.459. The fourth-order valence-corrected chi connectivity index (χ4v) is 3.34. The Morgan fingerprint density at radius 3 is 2.36 bits per heavy atom. The van der Waals surface area contributed by atoms with Crippen molar-refractivity contribution >= 4 is 23.7 Å². The van der Waals surface area contributed by atoms with E-state index in [2.05, 4.69) is 24.0 Å². The summed E-state index contributed by atoms with van der Waals surface area (Å²) in [5.41, 5.74) is 3.64. The van der Waals surface area contributed by atoms with Crippen molar-refractivity contribution in [2.75, 3.05) is 7.05 Å². The number of benzene rings is 1. The molecule has 1 aliphatic carbocycles. The first-order chi connectivity index (χ1) is 11.9. The van der Waals surface area contributed by atoms with Gasteiger partial charge in [-0.15, -0.1) is 0 Å². The zero-order valence-corrected chi connectivity index (χ0v) is 14.9. The van der Waals surface area contributed by atoms with Gasteiger partial charge in [-0.3, -0.25) is 9.59 Å². The smallest absolute Gasteiger partial charge is 0.308 e. The molecule has 1 heterocycles. The van der Waals surface area contributed by atoms with Crippen LogP contribution in [0.25, 0.3) is 11.8 Å². The molecule has 0 radical (unpaired) electrons. The van der Waals surface area contributed by atoms with Crippen molar-refractivity contribution in [2.45, 2.75) is 33.6 Å². The molecule has 130 valence electrons. The van der Waals surface area contributed by atoms with Gasteiger partial charge in [0, 0.05) is 38.0 Å². The molecule has 25 heavy (non-hydrogen) atoms. The topological polar surface area (TPSA) is 55.8 Å². The average Bonchev–Trinajstić information content (AvgIpc) is 2.54. The van der Waals surface area contributed by atoms with Crippen LogP contribution < -0.4 is 19.9 Å². The number of hydrogen-bond acceptors (Lipinski definition) is 5. The van der Waals surface area contributed by atoms with Crippen LogP contribution >= 0.6 is 0 Å². The van der Waals surface area contributed by atoms with Crippen LogP contribution in [0.2, 0.25) is 0 Å². The summed E-state index contributed by atoms with van der Waals surface area (Å²) in [6.45, 7) is 4.78. The quantitative estimate of drug-likeness (QED) is 0.623. The fourth-order valence-electron chi connectivity index (χ4n) is 3.34. The van der Waals surface area contributed by atoms with Crippen molar-refractivity contribution in [1.82, 2.24) is 4.90 Å². The molecule has 0 fully saturated rings. The van der Waals surface area contributed by atoms with Crippen LogP contribution in [-0.2, 0) is 9.59 Å². The number of ether oxygens (including phenoxy) is 2. The summed E-state index contributed by atoms with van der Waals surface area (Å²) >= 11 is 0. The summed E-state index contributed by atoms with van der Waals surface area (Å²) in [6.07, 6.45) is 8.05. The summed E-state index contributed by atoms with van der Waals surface area (Å²) in [6, 6.07) is 3.54. The zero-order valence-electron chi connectivity index (χ0n) is 14.9. The van der Waals surface area contributed by atoms with Crippen molar-refractivity contribution in [3.8, 4) is 11.5 Å². The zero-order chi connectivity index (χ0) is 18.1. The van der Waals surface area contributed by atoms with E-state index in [1.54, 1.807) is 12.1 Å². The number of nitrogens with zero attached hydrogens (tertiary/aromatic N) is 1. The van der Waals surface area contributed by atoms with E-state index in [0.717, 1.165) is 23.3 Å². The summed E-state index contributed by atoms with van der Waals surface area (Å²) in [5.74, 6) is -0.400. The highest BCUT2D eigenvalue weighted by atomic mass is 16.6. The van der Waals surface area contributed by atoms with Gasteiger partial charge in [0.05, 0.1) is 0 Å². The number of rotatable bonds is 3. The van der Waals surface area contributed by atoms with Crippen LogP contribution in [0.5, 0.6) is 11.5 Å². The predicted molar refractivity (Wildman–Crippen MR) is 95.0 cm³/mol. The molecule has 0 aromatic heterocycles. The highest BCUT2D eigenvalue weighted by Gasteiger charge is 2.22. The maximum atomic E-state index is 11.4. The molecule has 3 rings (SSSR count). The van der Waals surface area contributed by atoms with Crippen LogP contribution in [0, 0.1) is 0 Å². The Morgan fingerprint density at radius 2 is 1.76 bits per heavy atom. The minimum Gasteiger partial charge on any atom is -0.423 e. The van der Waals surface area contributed by atoms with Gasteiger partial charge in [-0.05, 0) is 41.3 Å².